The lowest BCUT2D eigenvalue weighted by Crippen LogP contribution is -2.53. The van der Waals surface area contributed by atoms with Crippen LogP contribution < -0.4 is 15.8 Å². The number of ether oxygens (including phenoxy) is 1. The first kappa shape index (κ1) is 23.4. The molecule has 2 amide bonds. The zero-order valence-corrected chi connectivity index (χ0v) is 19.4. The zero-order valence-electron chi connectivity index (χ0n) is 19.4. The van der Waals surface area contributed by atoms with Gasteiger partial charge in [0.25, 0.3) is 5.91 Å². The molecular formula is C24H38N4O3. The molecule has 0 spiro atoms. The fraction of sp³-hybridized carbons (Fsp3) is 0.667. The maximum absolute atomic E-state index is 13.3. The molecule has 7 heteroatoms. The maximum Gasteiger partial charge on any atom is 0.252 e. The van der Waals surface area contributed by atoms with E-state index in [4.69, 9.17) is 10.5 Å². The minimum absolute atomic E-state index is 0.00125. The number of nitrogens with zero attached hydrogens (tertiary/aromatic N) is 2. The predicted molar refractivity (Wildman–Crippen MR) is 123 cm³/mol. The smallest absolute Gasteiger partial charge is 0.252 e. The zero-order chi connectivity index (χ0) is 22.5. The molecule has 2 fully saturated rings. The van der Waals surface area contributed by atoms with Crippen LogP contribution >= 0.6 is 0 Å². The molecule has 1 aromatic rings. The number of nitrogen functional groups attached to an aromatic ring is 1. The highest BCUT2D eigenvalue weighted by molar-refractivity contribution is 5.98. The summed E-state index contributed by atoms with van der Waals surface area (Å²) in [4.78, 5) is 30.4. The molecule has 0 unspecified atom stereocenters. The second kappa shape index (κ2) is 10.4. The van der Waals surface area contributed by atoms with Gasteiger partial charge >= 0.3 is 0 Å². The summed E-state index contributed by atoms with van der Waals surface area (Å²) in [5.41, 5.74) is 6.77. The lowest BCUT2D eigenvalue weighted by atomic mass is 9.78. The Labute approximate surface area is 186 Å². The molecule has 1 aromatic carbocycles. The van der Waals surface area contributed by atoms with Crippen molar-refractivity contribution >= 4 is 17.5 Å². The molecule has 0 radical (unpaired) electrons. The van der Waals surface area contributed by atoms with Crippen LogP contribution in [-0.2, 0) is 4.79 Å². The monoisotopic (exact) mass is 430 g/mol. The molecule has 172 valence electrons. The van der Waals surface area contributed by atoms with Crippen LogP contribution in [-0.4, -0.2) is 68.0 Å². The lowest BCUT2D eigenvalue weighted by Gasteiger charge is -2.40. The summed E-state index contributed by atoms with van der Waals surface area (Å²) in [6.45, 7) is 7.87. The second-order valence-corrected chi connectivity index (χ2v) is 9.46. The van der Waals surface area contributed by atoms with E-state index >= 15 is 0 Å². The highest BCUT2D eigenvalue weighted by atomic mass is 16.5. The standard InChI is InChI=1S/C24H38N4O3/c1-16(2)22(26-23(29)19-5-6-21(31-4)20(25)15-19)24(30)28-13-9-18(10-14-28)17-7-11-27(3)12-8-17/h5-6,15-18,22H,7-14,25H2,1-4H3,(H,26,29)/t22-/m1/s1. The molecule has 31 heavy (non-hydrogen) atoms. The summed E-state index contributed by atoms with van der Waals surface area (Å²) in [6, 6.07) is 4.38. The fourth-order valence-corrected chi connectivity index (χ4v) is 4.90. The van der Waals surface area contributed by atoms with E-state index in [-0.39, 0.29) is 17.7 Å². The van der Waals surface area contributed by atoms with E-state index in [0.717, 1.165) is 31.8 Å². The Bertz CT molecular complexity index is 766. The lowest BCUT2D eigenvalue weighted by molar-refractivity contribution is -0.136. The molecule has 0 aromatic heterocycles. The fourth-order valence-electron chi connectivity index (χ4n) is 4.90. The Kier molecular flexibility index (Phi) is 7.81. The second-order valence-electron chi connectivity index (χ2n) is 9.46. The first-order valence-electron chi connectivity index (χ1n) is 11.5. The normalized spacial score (nSPS) is 20.0. The van der Waals surface area contributed by atoms with Gasteiger partial charge in [0.1, 0.15) is 11.8 Å². The van der Waals surface area contributed by atoms with Crippen molar-refractivity contribution in [2.45, 2.75) is 45.6 Å². The number of methoxy groups -OCH3 is 1. The quantitative estimate of drug-likeness (QED) is 0.678. The van der Waals surface area contributed by atoms with Crippen molar-refractivity contribution in [3.63, 3.8) is 0 Å². The van der Waals surface area contributed by atoms with Gasteiger partial charge in [-0.25, -0.2) is 0 Å². The third-order valence-corrected chi connectivity index (χ3v) is 6.99. The minimum atomic E-state index is -0.546. The Morgan fingerprint density at radius 1 is 1.06 bits per heavy atom. The summed E-state index contributed by atoms with van der Waals surface area (Å²) in [5.74, 6) is 1.76. The van der Waals surface area contributed by atoms with E-state index in [9.17, 15) is 9.59 Å². The number of rotatable bonds is 6. The summed E-state index contributed by atoms with van der Waals surface area (Å²) < 4.78 is 5.15. The molecule has 7 nitrogen and oxygen atoms in total. The molecule has 2 heterocycles. The van der Waals surface area contributed by atoms with Gasteiger partial charge in [0.15, 0.2) is 0 Å². The third kappa shape index (κ3) is 5.70. The van der Waals surface area contributed by atoms with Gasteiger partial charge < -0.3 is 25.6 Å². The number of anilines is 1. The molecule has 2 aliphatic heterocycles. The van der Waals surface area contributed by atoms with Crippen LogP contribution in [0.2, 0.25) is 0 Å². The van der Waals surface area contributed by atoms with Gasteiger partial charge in [-0.1, -0.05) is 13.8 Å². The molecule has 0 aliphatic carbocycles. The molecular weight excluding hydrogens is 392 g/mol. The van der Waals surface area contributed by atoms with E-state index < -0.39 is 6.04 Å². The number of hydrogen-bond acceptors (Lipinski definition) is 5. The first-order chi connectivity index (χ1) is 14.8. The Morgan fingerprint density at radius 2 is 1.65 bits per heavy atom. The van der Waals surface area contributed by atoms with E-state index in [0.29, 0.717) is 22.9 Å². The SMILES string of the molecule is COc1ccc(C(=O)N[C@@H](C(=O)N2CCC(C3CCN(C)CC3)CC2)C(C)C)cc1N. The van der Waals surface area contributed by atoms with E-state index in [2.05, 4.69) is 17.3 Å². The van der Waals surface area contributed by atoms with Gasteiger partial charge in [-0.3, -0.25) is 9.59 Å². The molecule has 0 bridgehead atoms. The van der Waals surface area contributed by atoms with Crippen LogP contribution in [0.15, 0.2) is 18.2 Å². The van der Waals surface area contributed by atoms with Crippen molar-refractivity contribution in [2.75, 3.05) is 46.1 Å². The highest BCUT2D eigenvalue weighted by Crippen LogP contribution is 2.32. The number of benzene rings is 1. The van der Waals surface area contributed by atoms with Crippen molar-refractivity contribution in [1.29, 1.82) is 0 Å². The van der Waals surface area contributed by atoms with Crippen LogP contribution in [0, 0.1) is 17.8 Å². The van der Waals surface area contributed by atoms with Crippen LogP contribution in [0.5, 0.6) is 5.75 Å². The molecule has 2 aliphatic rings. The average Bonchev–Trinajstić information content (AvgIpc) is 2.77. The number of carbonyl (C=O) groups excluding carboxylic acids is 2. The maximum atomic E-state index is 13.3. The van der Waals surface area contributed by atoms with Gasteiger partial charge in [-0.2, -0.15) is 0 Å². The van der Waals surface area contributed by atoms with E-state index in [1.165, 1.54) is 33.0 Å². The molecule has 2 saturated heterocycles. The van der Waals surface area contributed by atoms with Crippen molar-refractivity contribution < 1.29 is 14.3 Å². The number of likely N-dealkylation sites (tertiary alicyclic amines) is 2. The van der Waals surface area contributed by atoms with Gasteiger partial charge in [-0.05, 0) is 81.8 Å². The predicted octanol–water partition coefficient (Wildman–Crippen LogP) is 2.61. The minimum Gasteiger partial charge on any atom is -0.495 e. The third-order valence-electron chi connectivity index (χ3n) is 6.99. The van der Waals surface area contributed by atoms with Gasteiger partial charge in [0.05, 0.1) is 12.8 Å². The van der Waals surface area contributed by atoms with Gasteiger partial charge in [0.2, 0.25) is 5.91 Å². The van der Waals surface area contributed by atoms with Gasteiger partial charge in [-0.15, -0.1) is 0 Å². The Balaban J connectivity index is 1.58. The topological polar surface area (TPSA) is 87.9 Å². The van der Waals surface area contributed by atoms with Crippen LogP contribution in [0.25, 0.3) is 0 Å². The van der Waals surface area contributed by atoms with Crippen molar-refractivity contribution in [3.05, 3.63) is 23.8 Å². The van der Waals surface area contributed by atoms with Crippen molar-refractivity contribution in [2.24, 2.45) is 17.8 Å². The van der Waals surface area contributed by atoms with Crippen molar-refractivity contribution in [1.82, 2.24) is 15.1 Å². The Morgan fingerprint density at radius 3 is 2.16 bits per heavy atom. The van der Waals surface area contributed by atoms with Crippen LogP contribution in [0.1, 0.15) is 49.9 Å². The molecule has 3 N–H and O–H groups in total. The molecule has 3 rings (SSSR count). The first-order valence-corrected chi connectivity index (χ1v) is 11.5. The Hall–Kier alpha value is -2.28. The number of piperidine rings is 2. The summed E-state index contributed by atoms with van der Waals surface area (Å²) in [7, 11) is 3.73. The van der Waals surface area contributed by atoms with E-state index in [1.807, 2.05) is 18.7 Å². The largest absolute Gasteiger partial charge is 0.495 e. The number of nitrogens with one attached hydrogen (secondary N) is 1. The summed E-state index contributed by atoms with van der Waals surface area (Å²) >= 11 is 0. The highest BCUT2D eigenvalue weighted by Gasteiger charge is 2.34. The number of carbonyl (C=O) groups is 2. The number of amides is 2. The van der Waals surface area contributed by atoms with Crippen LogP contribution in [0.4, 0.5) is 5.69 Å². The van der Waals surface area contributed by atoms with E-state index in [1.54, 1.807) is 18.2 Å². The summed E-state index contributed by atoms with van der Waals surface area (Å²) in [5, 5.41) is 2.94. The molecule has 0 saturated carbocycles. The number of hydrogen-bond donors (Lipinski definition) is 2. The van der Waals surface area contributed by atoms with Gasteiger partial charge in [0, 0.05) is 18.7 Å². The van der Waals surface area contributed by atoms with Crippen LogP contribution in [0.3, 0.4) is 0 Å². The summed E-state index contributed by atoms with van der Waals surface area (Å²) in [6.07, 6.45) is 4.66. The van der Waals surface area contributed by atoms with Crippen molar-refractivity contribution in [3.8, 4) is 5.75 Å². The molecule has 1 atom stereocenters. The average molecular weight is 431 g/mol. The number of nitrogens with two attached hydrogens (primary N) is 1.